The standard InChI is InChI=1S/C19H21N5O4/c1-12(23-11-20-14-4-2-3-5-16(14)23)18(26)22-7-6-15-13(10-22)17(19(27)28)21-24(15)8-9-25/h2-5,11-12,25H,6-10H2,1H3,(H,27,28)/t12-/m0/s1. The highest BCUT2D eigenvalue weighted by Crippen LogP contribution is 2.26. The van der Waals surface area contributed by atoms with Crippen LogP contribution in [0.3, 0.4) is 0 Å². The zero-order valence-electron chi connectivity index (χ0n) is 15.4. The minimum atomic E-state index is -1.13. The van der Waals surface area contributed by atoms with Gasteiger partial charge in [-0.15, -0.1) is 0 Å². The Morgan fingerprint density at radius 1 is 1.29 bits per heavy atom. The van der Waals surface area contributed by atoms with Crippen molar-refractivity contribution in [1.82, 2.24) is 24.2 Å². The molecule has 1 aromatic carbocycles. The first-order chi connectivity index (χ1) is 13.5. The smallest absolute Gasteiger partial charge is 0.356 e. The first-order valence-corrected chi connectivity index (χ1v) is 9.14. The van der Waals surface area contributed by atoms with Gasteiger partial charge in [-0.2, -0.15) is 5.10 Å². The summed E-state index contributed by atoms with van der Waals surface area (Å²) < 4.78 is 3.37. The second kappa shape index (κ2) is 7.08. The molecule has 0 saturated heterocycles. The summed E-state index contributed by atoms with van der Waals surface area (Å²) in [6.07, 6.45) is 2.16. The number of aromatic nitrogens is 4. The normalized spacial score (nSPS) is 14.9. The number of carbonyl (C=O) groups excluding carboxylic acids is 1. The first kappa shape index (κ1) is 18.2. The van der Waals surface area contributed by atoms with Gasteiger partial charge in [-0.3, -0.25) is 9.48 Å². The van der Waals surface area contributed by atoms with Gasteiger partial charge in [-0.25, -0.2) is 9.78 Å². The minimum Gasteiger partial charge on any atom is -0.476 e. The third kappa shape index (κ3) is 2.93. The Hall–Kier alpha value is -3.20. The van der Waals surface area contributed by atoms with E-state index in [0.29, 0.717) is 18.5 Å². The van der Waals surface area contributed by atoms with Crippen LogP contribution < -0.4 is 0 Å². The number of carboxylic acid groups (broad SMARTS) is 1. The molecule has 28 heavy (non-hydrogen) atoms. The average molecular weight is 383 g/mol. The van der Waals surface area contributed by atoms with Crippen molar-refractivity contribution < 1.29 is 19.8 Å². The molecule has 9 nitrogen and oxygen atoms in total. The maximum absolute atomic E-state index is 13.1. The molecule has 2 N–H and O–H groups in total. The van der Waals surface area contributed by atoms with Gasteiger partial charge in [-0.05, 0) is 19.1 Å². The summed E-state index contributed by atoms with van der Waals surface area (Å²) in [4.78, 5) is 30.7. The van der Waals surface area contributed by atoms with Crippen molar-refractivity contribution in [3.05, 3.63) is 47.5 Å². The number of imidazole rings is 1. The third-order valence-corrected chi connectivity index (χ3v) is 5.22. The number of hydrogen-bond donors (Lipinski definition) is 2. The number of amides is 1. The molecule has 3 aromatic rings. The summed E-state index contributed by atoms with van der Waals surface area (Å²) in [6, 6.07) is 7.15. The molecule has 146 valence electrons. The van der Waals surface area contributed by atoms with Gasteiger partial charge in [0.05, 0.1) is 30.5 Å². The molecule has 9 heteroatoms. The molecule has 1 aliphatic rings. The van der Waals surface area contributed by atoms with E-state index in [1.165, 1.54) is 4.68 Å². The number of carbonyl (C=O) groups is 2. The molecule has 1 atom stereocenters. The molecule has 1 aliphatic heterocycles. The number of benzene rings is 1. The minimum absolute atomic E-state index is 0.0540. The van der Waals surface area contributed by atoms with Crippen molar-refractivity contribution in [1.29, 1.82) is 0 Å². The van der Waals surface area contributed by atoms with Crippen LogP contribution in [-0.2, 0) is 24.3 Å². The van der Waals surface area contributed by atoms with E-state index >= 15 is 0 Å². The van der Waals surface area contributed by atoms with Crippen LogP contribution in [0.1, 0.15) is 34.7 Å². The van der Waals surface area contributed by atoms with Gasteiger partial charge in [0.15, 0.2) is 5.69 Å². The molecule has 1 amide bonds. The lowest BCUT2D eigenvalue weighted by Crippen LogP contribution is -2.40. The number of carboxylic acids is 1. The molecule has 0 spiro atoms. The van der Waals surface area contributed by atoms with E-state index in [2.05, 4.69) is 10.1 Å². The molecular weight excluding hydrogens is 362 g/mol. The van der Waals surface area contributed by atoms with Gasteiger partial charge in [-0.1, -0.05) is 12.1 Å². The quantitative estimate of drug-likeness (QED) is 0.681. The van der Waals surface area contributed by atoms with Crippen molar-refractivity contribution in [3.8, 4) is 0 Å². The number of aliphatic hydroxyl groups excluding tert-OH is 1. The van der Waals surface area contributed by atoms with E-state index in [0.717, 1.165) is 16.7 Å². The van der Waals surface area contributed by atoms with Crippen LogP contribution in [0, 0.1) is 0 Å². The average Bonchev–Trinajstić information content (AvgIpc) is 3.29. The molecule has 0 bridgehead atoms. The van der Waals surface area contributed by atoms with E-state index in [1.807, 2.05) is 35.8 Å². The largest absolute Gasteiger partial charge is 0.476 e. The summed E-state index contributed by atoms with van der Waals surface area (Å²) >= 11 is 0. The van der Waals surface area contributed by atoms with Crippen LogP contribution in [0.15, 0.2) is 30.6 Å². The summed E-state index contributed by atoms with van der Waals surface area (Å²) in [5.41, 5.74) is 2.96. The van der Waals surface area contributed by atoms with Crippen LogP contribution in [0.4, 0.5) is 0 Å². The van der Waals surface area contributed by atoms with Crippen LogP contribution in [0.5, 0.6) is 0 Å². The van der Waals surface area contributed by atoms with Crippen molar-refractivity contribution in [2.45, 2.75) is 32.5 Å². The summed E-state index contributed by atoms with van der Waals surface area (Å²) in [6.45, 7) is 2.60. The van der Waals surface area contributed by atoms with Gasteiger partial charge in [0, 0.05) is 30.8 Å². The number of rotatable bonds is 5. The van der Waals surface area contributed by atoms with E-state index in [-0.39, 0.29) is 31.3 Å². The van der Waals surface area contributed by atoms with Crippen LogP contribution >= 0.6 is 0 Å². The van der Waals surface area contributed by atoms with Gasteiger partial charge in [0.25, 0.3) is 0 Å². The third-order valence-electron chi connectivity index (χ3n) is 5.22. The van der Waals surface area contributed by atoms with Gasteiger partial charge >= 0.3 is 5.97 Å². The molecular formula is C19H21N5O4. The summed E-state index contributed by atoms with van der Waals surface area (Å²) in [7, 11) is 0. The Bertz CT molecular complexity index is 1050. The fourth-order valence-corrected chi connectivity index (χ4v) is 3.80. The molecule has 0 saturated carbocycles. The fourth-order valence-electron chi connectivity index (χ4n) is 3.80. The first-order valence-electron chi connectivity index (χ1n) is 9.14. The fraction of sp³-hybridized carbons (Fsp3) is 0.368. The SMILES string of the molecule is C[C@@H](C(=O)N1CCc2c(c(C(=O)O)nn2CCO)C1)n1cnc2ccccc21. The van der Waals surface area contributed by atoms with Gasteiger partial charge < -0.3 is 19.7 Å². The van der Waals surface area contributed by atoms with Crippen LogP contribution in [-0.4, -0.2) is 59.5 Å². The van der Waals surface area contributed by atoms with Crippen LogP contribution in [0.2, 0.25) is 0 Å². The number of fused-ring (bicyclic) bond motifs is 2. The zero-order chi connectivity index (χ0) is 19.8. The number of aromatic carboxylic acids is 1. The van der Waals surface area contributed by atoms with Crippen molar-refractivity contribution in [2.24, 2.45) is 0 Å². The molecule has 2 aromatic heterocycles. The molecule has 0 fully saturated rings. The van der Waals surface area contributed by atoms with E-state index in [4.69, 9.17) is 0 Å². The number of nitrogens with zero attached hydrogens (tertiary/aromatic N) is 5. The molecule has 4 rings (SSSR count). The Labute approximate surface area is 160 Å². The van der Waals surface area contributed by atoms with E-state index in [9.17, 15) is 19.8 Å². The predicted molar refractivity (Wildman–Crippen MR) is 99.8 cm³/mol. The number of para-hydroxylation sites is 2. The second-order valence-electron chi connectivity index (χ2n) is 6.85. The lowest BCUT2D eigenvalue weighted by molar-refractivity contribution is -0.135. The highest BCUT2D eigenvalue weighted by molar-refractivity contribution is 5.88. The van der Waals surface area contributed by atoms with Gasteiger partial charge in [0.2, 0.25) is 5.91 Å². The number of aliphatic hydroxyl groups is 1. The van der Waals surface area contributed by atoms with E-state index < -0.39 is 12.0 Å². The molecule has 3 heterocycles. The van der Waals surface area contributed by atoms with Crippen molar-refractivity contribution in [3.63, 3.8) is 0 Å². The Morgan fingerprint density at radius 2 is 2.07 bits per heavy atom. The Kier molecular flexibility index (Phi) is 4.60. The molecule has 0 aliphatic carbocycles. The topological polar surface area (TPSA) is 113 Å². The van der Waals surface area contributed by atoms with Crippen LogP contribution in [0.25, 0.3) is 11.0 Å². The number of hydrogen-bond acceptors (Lipinski definition) is 5. The Morgan fingerprint density at radius 3 is 2.82 bits per heavy atom. The monoisotopic (exact) mass is 383 g/mol. The predicted octanol–water partition coefficient (Wildman–Crippen LogP) is 1.07. The van der Waals surface area contributed by atoms with Crippen molar-refractivity contribution >= 4 is 22.9 Å². The molecule has 0 radical (unpaired) electrons. The lowest BCUT2D eigenvalue weighted by atomic mass is 10.0. The lowest BCUT2D eigenvalue weighted by Gasteiger charge is -2.30. The maximum atomic E-state index is 13.1. The van der Waals surface area contributed by atoms with E-state index in [1.54, 1.807) is 11.2 Å². The Balaban J connectivity index is 1.62. The van der Waals surface area contributed by atoms with Crippen molar-refractivity contribution in [2.75, 3.05) is 13.2 Å². The summed E-state index contributed by atoms with van der Waals surface area (Å²) in [5.74, 6) is -1.23. The maximum Gasteiger partial charge on any atom is 0.356 e. The summed E-state index contributed by atoms with van der Waals surface area (Å²) in [5, 5.41) is 22.8. The zero-order valence-corrected chi connectivity index (χ0v) is 15.4. The highest BCUT2D eigenvalue weighted by atomic mass is 16.4. The second-order valence-corrected chi connectivity index (χ2v) is 6.85. The molecule has 0 unspecified atom stereocenters. The van der Waals surface area contributed by atoms with Gasteiger partial charge in [0.1, 0.15) is 6.04 Å². The highest BCUT2D eigenvalue weighted by Gasteiger charge is 2.32.